The predicted molar refractivity (Wildman–Crippen MR) is 176 cm³/mol. The van der Waals surface area contributed by atoms with Crippen molar-refractivity contribution >= 4 is 41.0 Å². The van der Waals surface area contributed by atoms with Crippen LogP contribution in [0.15, 0.2) is 30.3 Å². The molecule has 3 amide bonds. The summed E-state index contributed by atoms with van der Waals surface area (Å²) in [6.45, 7) is 9.91. The summed E-state index contributed by atoms with van der Waals surface area (Å²) in [4.78, 5) is 89.9. The predicted octanol–water partition coefficient (Wildman–Crippen LogP) is 2.63. The van der Waals surface area contributed by atoms with Gasteiger partial charge in [0.2, 0.25) is 17.7 Å². The first-order valence-electron chi connectivity index (χ1n) is 16.4. The van der Waals surface area contributed by atoms with Gasteiger partial charge in [-0.15, -0.1) is 0 Å². The number of benzene rings is 1. The van der Waals surface area contributed by atoms with Gasteiger partial charge in [-0.3, -0.25) is 33.6 Å². The summed E-state index contributed by atoms with van der Waals surface area (Å²) in [6, 6.07) is 6.54. The molecule has 0 aromatic heterocycles. The Morgan fingerprint density at radius 3 is 1.70 bits per heavy atom. The lowest BCUT2D eigenvalue weighted by Crippen LogP contribution is -2.49. The number of aliphatic hydroxyl groups is 1. The lowest BCUT2D eigenvalue weighted by atomic mass is 9.83. The van der Waals surface area contributed by atoms with Gasteiger partial charge in [-0.1, -0.05) is 84.7 Å². The van der Waals surface area contributed by atoms with Gasteiger partial charge in [-0.05, 0) is 23.8 Å². The number of ketones is 3. The Balaban J connectivity index is 3.27. The number of hydrogen-bond acceptors (Lipinski definition) is 8. The quantitative estimate of drug-likeness (QED) is 0.117. The van der Waals surface area contributed by atoms with Crippen molar-refractivity contribution in [1.82, 2.24) is 10.6 Å². The Morgan fingerprint density at radius 2 is 1.19 bits per heavy atom. The van der Waals surface area contributed by atoms with E-state index in [1.165, 1.54) is 13.8 Å². The molecule has 1 rings (SSSR count). The average molecular weight is 660 g/mol. The highest BCUT2D eigenvalue weighted by Crippen LogP contribution is 2.24. The van der Waals surface area contributed by atoms with Gasteiger partial charge in [-0.2, -0.15) is 0 Å². The van der Waals surface area contributed by atoms with Gasteiger partial charge < -0.3 is 26.6 Å². The molecule has 262 valence electrons. The third-order valence-corrected chi connectivity index (χ3v) is 9.06. The maximum absolute atomic E-state index is 13.8. The summed E-state index contributed by atoms with van der Waals surface area (Å²) in [5.41, 5.74) is 6.39. The number of aliphatic hydroxyl groups excluding tert-OH is 1. The van der Waals surface area contributed by atoms with Crippen LogP contribution in [0.4, 0.5) is 0 Å². The third-order valence-electron chi connectivity index (χ3n) is 9.06. The monoisotopic (exact) mass is 659 g/mol. The number of carboxylic acid groups (broad SMARTS) is 1. The summed E-state index contributed by atoms with van der Waals surface area (Å²) in [5, 5.41) is 24.0. The fourth-order valence-corrected chi connectivity index (χ4v) is 5.23. The lowest BCUT2D eigenvalue weighted by molar-refractivity contribution is -0.141. The Bertz CT molecular complexity index is 1240. The number of carboxylic acids is 1. The van der Waals surface area contributed by atoms with Crippen molar-refractivity contribution < 1.29 is 43.8 Å². The summed E-state index contributed by atoms with van der Waals surface area (Å²) in [5.74, 6) is -8.41. The molecule has 1 aromatic rings. The van der Waals surface area contributed by atoms with Crippen LogP contribution >= 0.6 is 0 Å². The zero-order chi connectivity index (χ0) is 35.8. The van der Waals surface area contributed by atoms with E-state index < -0.39 is 78.1 Å². The molecule has 0 spiro atoms. The van der Waals surface area contributed by atoms with E-state index in [1.54, 1.807) is 31.2 Å². The normalized spacial score (nSPS) is 16.3. The molecule has 12 heteroatoms. The minimum absolute atomic E-state index is 0.141. The molecule has 0 radical (unpaired) electrons. The second-order valence-corrected chi connectivity index (χ2v) is 12.8. The van der Waals surface area contributed by atoms with Gasteiger partial charge in [0, 0.05) is 42.9 Å². The van der Waals surface area contributed by atoms with Crippen molar-refractivity contribution in [3.63, 3.8) is 0 Å². The molecule has 0 fully saturated rings. The molecule has 1 aromatic carbocycles. The molecular weight excluding hydrogens is 606 g/mol. The van der Waals surface area contributed by atoms with E-state index in [9.17, 15) is 43.8 Å². The largest absolute Gasteiger partial charge is 0.481 e. The van der Waals surface area contributed by atoms with Crippen molar-refractivity contribution in [3.05, 3.63) is 35.9 Å². The number of amides is 3. The first-order valence-corrected chi connectivity index (χ1v) is 16.4. The van der Waals surface area contributed by atoms with E-state index in [-0.39, 0.29) is 49.3 Å². The number of primary amides is 1. The van der Waals surface area contributed by atoms with Crippen LogP contribution < -0.4 is 16.4 Å². The van der Waals surface area contributed by atoms with Crippen molar-refractivity contribution in [2.75, 3.05) is 6.61 Å². The number of nitrogens with two attached hydrogens (primary N) is 1. The Hall–Kier alpha value is -3.93. The number of Topliss-reactive ketones (excluding diaryl/α,β-unsaturated/α-hetero) is 3. The van der Waals surface area contributed by atoms with Gasteiger partial charge >= 0.3 is 5.97 Å². The fourth-order valence-electron chi connectivity index (χ4n) is 5.23. The van der Waals surface area contributed by atoms with E-state index in [0.717, 1.165) is 5.56 Å². The summed E-state index contributed by atoms with van der Waals surface area (Å²) in [6.07, 6.45) is -0.257. The number of carbonyl (C=O) groups is 7. The average Bonchev–Trinajstić information content (AvgIpc) is 3.03. The van der Waals surface area contributed by atoms with E-state index in [1.807, 2.05) is 26.8 Å². The minimum atomic E-state index is -1.46. The summed E-state index contributed by atoms with van der Waals surface area (Å²) < 4.78 is 0. The van der Waals surface area contributed by atoms with E-state index in [4.69, 9.17) is 5.73 Å². The molecule has 0 saturated heterocycles. The first-order chi connectivity index (χ1) is 22.1. The zero-order valence-corrected chi connectivity index (χ0v) is 28.5. The van der Waals surface area contributed by atoms with Crippen LogP contribution in [0.25, 0.3) is 0 Å². The second kappa shape index (κ2) is 20.3. The maximum Gasteiger partial charge on any atom is 0.305 e. The van der Waals surface area contributed by atoms with Crippen molar-refractivity contribution in [1.29, 1.82) is 0 Å². The van der Waals surface area contributed by atoms with E-state index in [0.29, 0.717) is 12.8 Å². The third kappa shape index (κ3) is 13.8. The number of rotatable bonds is 23. The van der Waals surface area contributed by atoms with Gasteiger partial charge in [0.15, 0.2) is 11.6 Å². The Labute approximate surface area is 277 Å². The molecule has 0 aliphatic heterocycles. The smallest absolute Gasteiger partial charge is 0.305 e. The van der Waals surface area contributed by atoms with Gasteiger partial charge in [-0.25, -0.2) is 0 Å². The first kappa shape index (κ1) is 41.1. The number of nitrogens with one attached hydrogen (secondary N) is 2. The van der Waals surface area contributed by atoms with Crippen LogP contribution in [0, 0.1) is 35.5 Å². The standard InChI is InChI=1S/C35H53N3O9/c1-7-20(3)25(33(36)45)16-30(41)27(15-24-12-10-9-11-13-24)38-35(47)26(21(4)8-2)17-31(42)28(18-32(43)44)37-34(46)22(5)14-29(40)23(6)19-39/h9-13,20-23,25-28,39H,7-8,14-19H2,1-6H3,(H2,36,45)(H,37,46)(H,38,47)(H,43,44)/t20-,21-,22+,23-,25-,26?,27-,28-/m0/s1. The number of hydrogen-bond donors (Lipinski definition) is 5. The molecule has 6 N–H and O–H groups in total. The van der Waals surface area contributed by atoms with Crippen molar-refractivity contribution in [2.24, 2.45) is 41.2 Å². The van der Waals surface area contributed by atoms with Crippen LogP contribution in [0.3, 0.4) is 0 Å². The van der Waals surface area contributed by atoms with Gasteiger partial charge in [0.1, 0.15) is 5.78 Å². The SMILES string of the molecule is CC[C@H](C)C(CC(=O)[C@H](CC(=O)O)NC(=O)[C@H](C)CC(=O)[C@@H](C)CO)C(=O)N[C@@H](Cc1ccccc1)C(=O)C[C@H](C(N)=O)[C@@H](C)CC. The minimum Gasteiger partial charge on any atom is -0.481 e. The molecule has 1 unspecified atom stereocenters. The van der Waals surface area contributed by atoms with Crippen LogP contribution in [-0.4, -0.2) is 69.9 Å². The molecule has 0 heterocycles. The van der Waals surface area contributed by atoms with E-state index in [2.05, 4.69) is 10.6 Å². The zero-order valence-electron chi connectivity index (χ0n) is 28.5. The fraction of sp³-hybridized carbons (Fsp3) is 0.629. The Kier molecular flexibility index (Phi) is 17.8. The molecular formula is C35H53N3O9. The second-order valence-electron chi connectivity index (χ2n) is 12.8. The van der Waals surface area contributed by atoms with Crippen LogP contribution in [0.1, 0.15) is 85.6 Å². The van der Waals surface area contributed by atoms with Crippen molar-refractivity contribution in [3.8, 4) is 0 Å². The molecule has 0 aliphatic rings. The van der Waals surface area contributed by atoms with Crippen LogP contribution in [0.5, 0.6) is 0 Å². The van der Waals surface area contributed by atoms with Crippen molar-refractivity contribution in [2.45, 2.75) is 98.6 Å². The molecule has 8 atom stereocenters. The highest BCUT2D eigenvalue weighted by Gasteiger charge is 2.35. The molecule has 47 heavy (non-hydrogen) atoms. The molecule has 0 saturated carbocycles. The van der Waals surface area contributed by atoms with E-state index >= 15 is 0 Å². The Morgan fingerprint density at radius 1 is 0.681 bits per heavy atom. The summed E-state index contributed by atoms with van der Waals surface area (Å²) >= 11 is 0. The maximum atomic E-state index is 13.8. The molecule has 0 aliphatic carbocycles. The number of carbonyl (C=O) groups excluding carboxylic acids is 6. The van der Waals surface area contributed by atoms with Gasteiger partial charge in [0.25, 0.3) is 0 Å². The highest BCUT2D eigenvalue weighted by molar-refractivity contribution is 5.97. The van der Waals surface area contributed by atoms with Crippen LogP contribution in [0.2, 0.25) is 0 Å². The highest BCUT2D eigenvalue weighted by atomic mass is 16.4. The summed E-state index contributed by atoms with van der Waals surface area (Å²) in [7, 11) is 0. The lowest BCUT2D eigenvalue weighted by Gasteiger charge is -2.28. The van der Waals surface area contributed by atoms with Crippen LogP contribution in [-0.2, 0) is 40.0 Å². The van der Waals surface area contributed by atoms with Gasteiger partial charge in [0.05, 0.1) is 25.1 Å². The number of aliphatic carboxylic acids is 1. The molecule has 0 bridgehead atoms. The molecule has 12 nitrogen and oxygen atoms in total. The topological polar surface area (TPSA) is 210 Å².